The number of hydrazine groups is 1. The first-order chi connectivity index (χ1) is 7.72. The lowest BCUT2D eigenvalue weighted by Gasteiger charge is -2.14. The number of nitrogens with two attached hydrogens (primary N) is 1. The number of nitrogens with one attached hydrogen (secondary N) is 1. The van der Waals surface area contributed by atoms with E-state index in [0.717, 1.165) is 15.8 Å². The number of rotatable bonds is 3. The summed E-state index contributed by atoms with van der Waals surface area (Å²) in [5.41, 5.74) is 3.66. The van der Waals surface area contributed by atoms with Gasteiger partial charge in [0.1, 0.15) is 11.8 Å². The van der Waals surface area contributed by atoms with Crippen molar-refractivity contribution in [3.05, 3.63) is 57.4 Å². The van der Waals surface area contributed by atoms with Crippen LogP contribution in [0.25, 0.3) is 0 Å². The maximum atomic E-state index is 5.94. The summed E-state index contributed by atoms with van der Waals surface area (Å²) in [4.78, 5) is 0. The van der Waals surface area contributed by atoms with E-state index in [1.54, 1.807) is 6.26 Å². The average molecular weight is 302 g/mol. The third-order valence-corrected chi connectivity index (χ3v) is 3.15. The largest absolute Gasteiger partial charge is 0.466 e. The van der Waals surface area contributed by atoms with Gasteiger partial charge in [0, 0.05) is 5.02 Å². The Balaban J connectivity index is 2.40. The molecule has 0 bridgehead atoms. The Labute approximate surface area is 107 Å². The predicted molar refractivity (Wildman–Crippen MR) is 67.0 cm³/mol. The quantitative estimate of drug-likeness (QED) is 0.676. The summed E-state index contributed by atoms with van der Waals surface area (Å²) in [7, 11) is 0. The maximum Gasteiger partial charge on any atom is 0.140 e. The summed E-state index contributed by atoms with van der Waals surface area (Å²) >= 11 is 9.34. The Hall–Kier alpha value is -0.810. The number of furan rings is 1. The van der Waals surface area contributed by atoms with Gasteiger partial charge in [-0.3, -0.25) is 5.84 Å². The van der Waals surface area contributed by atoms with Crippen molar-refractivity contribution in [3.8, 4) is 0 Å². The van der Waals surface area contributed by atoms with Crippen LogP contribution in [-0.2, 0) is 0 Å². The summed E-state index contributed by atoms with van der Waals surface area (Å²) in [5, 5.41) is 0.667. The lowest BCUT2D eigenvalue weighted by Crippen LogP contribution is -2.28. The molecule has 0 aliphatic heterocycles. The van der Waals surface area contributed by atoms with Crippen LogP contribution >= 0.6 is 27.5 Å². The highest BCUT2D eigenvalue weighted by Crippen LogP contribution is 2.29. The number of hydrogen-bond acceptors (Lipinski definition) is 3. The second-order valence-electron chi connectivity index (χ2n) is 3.29. The van der Waals surface area contributed by atoms with E-state index in [-0.39, 0.29) is 6.04 Å². The molecule has 0 aliphatic rings. The molecule has 1 unspecified atom stereocenters. The van der Waals surface area contributed by atoms with E-state index in [9.17, 15) is 0 Å². The Bertz CT molecular complexity index is 486. The van der Waals surface area contributed by atoms with E-state index < -0.39 is 0 Å². The first-order valence-electron chi connectivity index (χ1n) is 4.67. The van der Waals surface area contributed by atoms with Gasteiger partial charge >= 0.3 is 0 Å². The number of hydrogen-bond donors (Lipinski definition) is 2. The molecule has 2 rings (SSSR count). The minimum absolute atomic E-state index is 0.219. The summed E-state index contributed by atoms with van der Waals surface area (Å²) in [6.07, 6.45) is 1.61. The van der Waals surface area contributed by atoms with Crippen LogP contribution in [0.4, 0.5) is 0 Å². The van der Waals surface area contributed by atoms with Crippen LogP contribution in [0.2, 0.25) is 5.02 Å². The molecule has 1 atom stereocenters. The third kappa shape index (κ3) is 2.30. The molecule has 3 N–H and O–H groups in total. The monoisotopic (exact) mass is 300 g/mol. The Morgan fingerprint density at radius 1 is 1.38 bits per heavy atom. The highest BCUT2D eigenvalue weighted by Gasteiger charge is 2.18. The Morgan fingerprint density at radius 2 is 2.19 bits per heavy atom. The molecule has 0 amide bonds. The Morgan fingerprint density at radius 3 is 2.75 bits per heavy atom. The molecule has 0 saturated carbocycles. The normalized spacial score (nSPS) is 12.7. The van der Waals surface area contributed by atoms with Gasteiger partial charge in [0.25, 0.3) is 0 Å². The van der Waals surface area contributed by atoms with Gasteiger partial charge < -0.3 is 4.42 Å². The fourth-order valence-corrected chi connectivity index (χ4v) is 2.15. The summed E-state index contributed by atoms with van der Waals surface area (Å²) in [6.45, 7) is 0. The average Bonchev–Trinajstić information content (AvgIpc) is 2.67. The summed E-state index contributed by atoms with van der Waals surface area (Å²) in [6, 6.07) is 9.08. The smallest absolute Gasteiger partial charge is 0.140 e. The molecule has 2 aromatic rings. The SMILES string of the molecule is NNC(c1cccc(Cl)c1)c1occc1Br. The molecule has 0 fully saturated rings. The van der Waals surface area contributed by atoms with E-state index >= 15 is 0 Å². The minimum Gasteiger partial charge on any atom is -0.466 e. The lowest BCUT2D eigenvalue weighted by atomic mass is 10.1. The van der Waals surface area contributed by atoms with Crippen LogP contribution in [0.5, 0.6) is 0 Å². The summed E-state index contributed by atoms with van der Waals surface area (Å²) < 4.78 is 6.25. The number of benzene rings is 1. The Kier molecular flexibility index (Phi) is 3.66. The van der Waals surface area contributed by atoms with Gasteiger partial charge in [-0.1, -0.05) is 23.7 Å². The molecule has 0 radical (unpaired) electrons. The molecule has 1 aromatic carbocycles. The third-order valence-electron chi connectivity index (χ3n) is 2.26. The van der Waals surface area contributed by atoms with Gasteiger partial charge in [0.2, 0.25) is 0 Å². The van der Waals surface area contributed by atoms with Gasteiger partial charge in [-0.15, -0.1) is 0 Å². The highest BCUT2D eigenvalue weighted by atomic mass is 79.9. The van der Waals surface area contributed by atoms with Crippen molar-refractivity contribution < 1.29 is 4.42 Å². The van der Waals surface area contributed by atoms with E-state index in [1.165, 1.54) is 0 Å². The molecule has 5 heteroatoms. The van der Waals surface area contributed by atoms with Gasteiger partial charge in [-0.05, 0) is 39.7 Å². The van der Waals surface area contributed by atoms with E-state index in [2.05, 4.69) is 21.4 Å². The van der Waals surface area contributed by atoms with Crippen LogP contribution in [-0.4, -0.2) is 0 Å². The summed E-state index contributed by atoms with van der Waals surface area (Å²) in [5.74, 6) is 6.27. The van der Waals surface area contributed by atoms with Gasteiger partial charge in [-0.2, -0.15) is 0 Å². The van der Waals surface area contributed by atoms with Crippen LogP contribution < -0.4 is 11.3 Å². The first-order valence-corrected chi connectivity index (χ1v) is 5.84. The van der Waals surface area contributed by atoms with Crippen molar-refractivity contribution in [1.29, 1.82) is 0 Å². The van der Waals surface area contributed by atoms with Crippen molar-refractivity contribution in [2.45, 2.75) is 6.04 Å². The van der Waals surface area contributed by atoms with Crippen LogP contribution in [0, 0.1) is 0 Å². The van der Waals surface area contributed by atoms with Gasteiger partial charge in [0.15, 0.2) is 0 Å². The van der Waals surface area contributed by atoms with Gasteiger partial charge in [-0.25, -0.2) is 5.43 Å². The van der Waals surface area contributed by atoms with E-state index in [0.29, 0.717) is 5.02 Å². The van der Waals surface area contributed by atoms with E-state index in [1.807, 2.05) is 30.3 Å². The number of halogens is 2. The fourth-order valence-electron chi connectivity index (χ4n) is 1.52. The second-order valence-corrected chi connectivity index (χ2v) is 4.58. The fraction of sp³-hybridized carbons (Fsp3) is 0.0909. The standard InChI is InChI=1S/C11H10BrClN2O/c12-9-4-5-16-11(9)10(15-14)7-2-1-3-8(13)6-7/h1-6,10,15H,14H2. The van der Waals surface area contributed by atoms with Gasteiger partial charge in [0.05, 0.1) is 10.7 Å². The lowest BCUT2D eigenvalue weighted by molar-refractivity contribution is 0.450. The van der Waals surface area contributed by atoms with E-state index in [4.69, 9.17) is 21.9 Å². The molecule has 0 spiro atoms. The maximum absolute atomic E-state index is 5.94. The predicted octanol–water partition coefficient (Wildman–Crippen LogP) is 3.25. The van der Waals surface area contributed by atoms with Crippen LogP contribution in [0.1, 0.15) is 17.4 Å². The molecule has 1 aromatic heterocycles. The highest BCUT2D eigenvalue weighted by molar-refractivity contribution is 9.10. The van der Waals surface area contributed by atoms with Crippen molar-refractivity contribution in [2.75, 3.05) is 0 Å². The van der Waals surface area contributed by atoms with Crippen molar-refractivity contribution in [3.63, 3.8) is 0 Å². The molecular formula is C11H10BrClN2O. The molecule has 1 heterocycles. The first kappa shape index (κ1) is 11.7. The molecular weight excluding hydrogens is 291 g/mol. The molecule has 3 nitrogen and oxygen atoms in total. The minimum atomic E-state index is -0.219. The van der Waals surface area contributed by atoms with Crippen molar-refractivity contribution >= 4 is 27.5 Å². The van der Waals surface area contributed by atoms with Crippen LogP contribution in [0.15, 0.2) is 45.5 Å². The molecule has 84 valence electrons. The zero-order chi connectivity index (χ0) is 11.5. The zero-order valence-corrected chi connectivity index (χ0v) is 10.6. The molecule has 16 heavy (non-hydrogen) atoms. The van der Waals surface area contributed by atoms with Crippen molar-refractivity contribution in [2.24, 2.45) is 5.84 Å². The molecule has 0 aliphatic carbocycles. The molecule has 0 saturated heterocycles. The zero-order valence-electron chi connectivity index (χ0n) is 8.28. The van der Waals surface area contributed by atoms with Crippen LogP contribution in [0.3, 0.4) is 0 Å². The van der Waals surface area contributed by atoms with Crippen molar-refractivity contribution in [1.82, 2.24) is 5.43 Å². The topological polar surface area (TPSA) is 51.2 Å². The second kappa shape index (κ2) is 5.01.